The van der Waals surface area contributed by atoms with Crippen LogP contribution < -0.4 is 4.74 Å². The van der Waals surface area contributed by atoms with Gasteiger partial charge in [0.2, 0.25) is 0 Å². The van der Waals surface area contributed by atoms with Gasteiger partial charge < -0.3 is 9.47 Å². The van der Waals surface area contributed by atoms with Crippen molar-refractivity contribution in [1.82, 2.24) is 0 Å². The third kappa shape index (κ3) is 6.85. The molecular formula is C16H24O3. The largest absolute Gasteiger partial charge is 0.494 e. The first-order valence-corrected chi connectivity index (χ1v) is 7.13. The fourth-order valence-corrected chi connectivity index (χ4v) is 1.79. The van der Waals surface area contributed by atoms with E-state index in [-0.39, 0.29) is 5.97 Å². The lowest BCUT2D eigenvalue weighted by Gasteiger charge is -2.06. The second-order valence-corrected chi connectivity index (χ2v) is 4.46. The SMILES string of the molecule is CCOC(=O)CCCCCOc1ccc(CC)cc1. The van der Waals surface area contributed by atoms with Crippen molar-refractivity contribution >= 4 is 5.97 Å². The summed E-state index contributed by atoms with van der Waals surface area (Å²) in [6, 6.07) is 8.21. The quantitative estimate of drug-likeness (QED) is 0.503. The minimum Gasteiger partial charge on any atom is -0.494 e. The zero-order chi connectivity index (χ0) is 13.9. The first-order valence-electron chi connectivity index (χ1n) is 7.13. The molecule has 0 aliphatic carbocycles. The van der Waals surface area contributed by atoms with E-state index in [9.17, 15) is 4.79 Å². The van der Waals surface area contributed by atoms with Gasteiger partial charge in [-0.2, -0.15) is 0 Å². The van der Waals surface area contributed by atoms with Crippen LogP contribution in [0.4, 0.5) is 0 Å². The molecule has 0 fully saturated rings. The number of benzene rings is 1. The predicted molar refractivity (Wildman–Crippen MR) is 76.4 cm³/mol. The van der Waals surface area contributed by atoms with Crippen LogP contribution in [-0.2, 0) is 16.0 Å². The van der Waals surface area contributed by atoms with Crippen LogP contribution in [0.5, 0.6) is 5.75 Å². The predicted octanol–water partition coefficient (Wildman–Crippen LogP) is 3.75. The summed E-state index contributed by atoms with van der Waals surface area (Å²) in [7, 11) is 0. The number of carbonyl (C=O) groups excluding carboxylic acids is 1. The zero-order valence-electron chi connectivity index (χ0n) is 12.0. The molecule has 3 nitrogen and oxygen atoms in total. The Kier molecular flexibility index (Phi) is 7.71. The molecule has 1 aromatic carbocycles. The highest BCUT2D eigenvalue weighted by Crippen LogP contribution is 2.13. The summed E-state index contributed by atoms with van der Waals surface area (Å²) in [4.78, 5) is 11.1. The lowest BCUT2D eigenvalue weighted by atomic mass is 10.2. The number of hydrogen-bond donors (Lipinski definition) is 0. The van der Waals surface area contributed by atoms with E-state index in [4.69, 9.17) is 9.47 Å². The van der Waals surface area contributed by atoms with Crippen molar-refractivity contribution < 1.29 is 14.3 Å². The Morgan fingerprint density at radius 3 is 2.42 bits per heavy atom. The highest BCUT2D eigenvalue weighted by atomic mass is 16.5. The van der Waals surface area contributed by atoms with E-state index in [0.29, 0.717) is 19.6 Å². The van der Waals surface area contributed by atoms with Crippen LogP contribution in [-0.4, -0.2) is 19.2 Å². The average Bonchev–Trinajstić information content (AvgIpc) is 2.43. The molecule has 0 aliphatic heterocycles. The number of rotatable bonds is 9. The molecule has 0 radical (unpaired) electrons. The summed E-state index contributed by atoms with van der Waals surface area (Å²) in [5.41, 5.74) is 1.32. The second kappa shape index (κ2) is 9.42. The van der Waals surface area contributed by atoms with Crippen LogP contribution in [0.2, 0.25) is 0 Å². The van der Waals surface area contributed by atoms with Crippen molar-refractivity contribution in [2.24, 2.45) is 0 Å². The van der Waals surface area contributed by atoms with Crippen LogP contribution in [0, 0.1) is 0 Å². The fourth-order valence-electron chi connectivity index (χ4n) is 1.79. The smallest absolute Gasteiger partial charge is 0.305 e. The van der Waals surface area contributed by atoms with Gasteiger partial charge in [0.25, 0.3) is 0 Å². The monoisotopic (exact) mass is 264 g/mol. The van der Waals surface area contributed by atoms with Gasteiger partial charge in [0.15, 0.2) is 0 Å². The molecule has 0 unspecified atom stereocenters. The Morgan fingerprint density at radius 1 is 1.05 bits per heavy atom. The van der Waals surface area contributed by atoms with Crippen LogP contribution in [0.3, 0.4) is 0 Å². The molecule has 106 valence electrons. The molecule has 0 aromatic heterocycles. The summed E-state index contributed by atoms with van der Waals surface area (Å²) >= 11 is 0. The summed E-state index contributed by atoms with van der Waals surface area (Å²) in [5.74, 6) is 0.821. The molecule has 0 amide bonds. The zero-order valence-corrected chi connectivity index (χ0v) is 12.0. The second-order valence-electron chi connectivity index (χ2n) is 4.46. The van der Waals surface area contributed by atoms with Crippen molar-refractivity contribution in [1.29, 1.82) is 0 Å². The molecule has 0 aliphatic rings. The van der Waals surface area contributed by atoms with Crippen molar-refractivity contribution in [2.45, 2.75) is 46.0 Å². The number of esters is 1. The third-order valence-corrected chi connectivity index (χ3v) is 2.93. The van der Waals surface area contributed by atoms with Gasteiger partial charge in [0, 0.05) is 6.42 Å². The lowest BCUT2D eigenvalue weighted by Crippen LogP contribution is -2.04. The van der Waals surface area contributed by atoms with E-state index >= 15 is 0 Å². The topological polar surface area (TPSA) is 35.5 Å². The molecule has 19 heavy (non-hydrogen) atoms. The molecule has 0 saturated carbocycles. The van der Waals surface area contributed by atoms with Gasteiger partial charge >= 0.3 is 5.97 Å². The van der Waals surface area contributed by atoms with Gasteiger partial charge in [0.05, 0.1) is 13.2 Å². The molecule has 0 atom stereocenters. The Hall–Kier alpha value is -1.51. The minimum absolute atomic E-state index is 0.0985. The highest BCUT2D eigenvalue weighted by Gasteiger charge is 2.00. The van der Waals surface area contributed by atoms with Gasteiger partial charge in [-0.3, -0.25) is 4.79 Å². The van der Waals surface area contributed by atoms with Gasteiger partial charge in [0.1, 0.15) is 5.75 Å². The first-order chi connectivity index (χ1) is 9.26. The summed E-state index contributed by atoms with van der Waals surface area (Å²) in [5, 5.41) is 0. The molecule has 0 spiro atoms. The number of ether oxygens (including phenoxy) is 2. The molecule has 3 heteroatoms. The lowest BCUT2D eigenvalue weighted by molar-refractivity contribution is -0.143. The van der Waals surface area contributed by atoms with Gasteiger partial charge in [-0.05, 0) is 50.3 Å². The molecule has 0 saturated heterocycles. The van der Waals surface area contributed by atoms with Gasteiger partial charge in [-0.1, -0.05) is 19.1 Å². The van der Waals surface area contributed by atoms with Crippen LogP contribution in [0.1, 0.15) is 45.1 Å². The molecular weight excluding hydrogens is 240 g/mol. The van der Waals surface area contributed by atoms with Crippen molar-refractivity contribution in [3.05, 3.63) is 29.8 Å². The van der Waals surface area contributed by atoms with Crippen molar-refractivity contribution in [2.75, 3.05) is 13.2 Å². The summed E-state index contributed by atoms with van der Waals surface area (Å²) in [6.07, 6.45) is 4.39. The number of hydrogen-bond acceptors (Lipinski definition) is 3. The Balaban J connectivity index is 2.05. The van der Waals surface area contributed by atoms with E-state index in [1.165, 1.54) is 5.56 Å². The number of aryl methyl sites for hydroxylation is 1. The molecule has 1 aromatic rings. The maximum atomic E-state index is 11.1. The maximum Gasteiger partial charge on any atom is 0.305 e. The van der Waals surface area contributed by atoms with Crippen LogP contribution >= 0.6 is 0 Å². The third-order valence-electron chi connectivity index (χ3n) is 2.93. The van der Waals surface area contributed by atoms with Crippen LogP contribution in [0.25, 0.3) is 0 Å². The number of carbonyl (C=O) groups is 1. The normalized spacial score (nSPS) is 10.2. The molecule has 1 rings (SSSR count). The van der Waals surface area contributed by atoms with Crippen molar-refractivity contribution in [3.63, 3.8) is 0 Å². The molecule has 0 N–H and O–H groups in total. The van der Waals surface area contributed by atoms with Gasteiger partial charge in [-0.15, -0.1) is 0 Å². The van der Waals surface area contributed by atoms with E-state index < -0.39 is 0 Å². The molecule has 0 heterocycles. The van der Waals surface area contributed by atoms with E-state index in [0.717, 1.165) is 31.4 Å². The highest BCUT2D eigenvalue weighted by molar-refractivity contribution is 5.69. The Morgan fingerprint density at radius 2 is 1.79 bits per heavy atom. The Labute approximate surface area is 115 Å². The summed E-state index contributed by atoms with van der Waals surface area (Å²) < 4.78 is 10.5. The number of unbranched alkanes of at least 4 members (excludes halogenated alkanes) is 2. The maximum absolute atomic E-state index is 11.1. The van der Waals surface area contributed by atoms with Crippen LogP contribution in [0.15, 0.2) is 24.3 Å². The fraction of sp³-hybridized carbons (Fsp3) is 0.562. The van der Waals surface area contributed by atoms with E-state index in [2.05, 4.69) is 19.1 Å². The van der Waals surface area contributed by atoms with E-state index in [1.54, 1.807) is 0 Å². The van der Waals surface area contributed by atoms with Gasteiger partial charge in [-0.25, -0.2) is 0 Å². The van der Waals surface area contributed by atoms with Crippen molar-refractivity contribution in [3.8, 4) is 5.75 Å². The van der Waals surface area contributed by atoms with E-state index in [1.807, 2.05) is 19.1 Å². The first kappa shape index (κ1) is 15.5. The minimum atomic E-state index is -0.0985. The molecule has 0 bridgehead atoms. The summed E-state index contributed by atoms with van der Waals surface area (Å²) in [6.45, 7) is 5.14. The standard InChI is InChI=1S/C16H24O3/c1-3-14-9-11-15(12-10-14)19-13-7-5-6-8-16(17)18-4-2/h9-12H,3-8,13H2,1-2H3. The Bertz CT molecular complexity index is 357. The average molecular weight is 264 g/mol.